The van der Waals surface area contributed by atoms with Crippen LogP contribution in [0.25, 0.3) is 0 Å². The number of hydrogen-bond donors (Lipinski definition) is 1. The van der Waals surface area contributed by atoms with Crippen LogP contribution in [0.2, 0.25) is 0 Å². The van der Waals surface area contributed by atoms with Crippen molar-refractivity contribution in [3.05, 3.63) is 17.7 Å². The van der Waals surface area contributed by atoms with Crippen molar-refractivity contribution in [2.45, 2.75) is 25.9 Å². The lowest BCUT2D eigenvalue weighted by Gasteiger charge is -2.19. The average Bonchev–Trinajstić information content (AvgIpc) is 2.60. The van der Waals surface area contributed by atoms with Crippen LogP contribution >= 0.6 is 0 Å². The number of ether oxygens (including phenoxy) is 3. The van der Waals surface area contributed by atoms with Gasteiger partial charge < -0.3 is 19.3 Å². The molecule has 1 heterocycles. The second kappa shape index (κ2) is 3.87. The van der Waals surface area contributed by atoms with Gasteiger partial charge in [0.1, 0.15) is 5.75 Å². The zero-order chi connectivity index (χ0) is 11.8. The van der Waals surface area contributed by atoms with Crippen LogP contribution in [-0.4, -0.2) is 24.6 Å². The molecule has 1 aromatic rings. The van der Waals surface area contributed by atoms with E-state index in [0.717, 1.165) is 5.56 Å². The van der Waals surface area contributed by atoms with Crippen molar-refractivity contribution in [3.63, 3.8) is 0 Å². The highest BCUT2D eigenvalue weighted by molar-refractivity contribution is 5.52. The molecule has 1 aliphatic heterocycles. The SMILES string of the molecule is COc1cc2c(cc1CC(C)(C)O)OCO2. The minimum atomic E-state index is -0.777. The summed E-state index contributed by atoms with van der Waals surface area (Å²) >= 11 is 0. The van der Waals surface area contributed by atoms with Crippen LogP contribution in [0.4, 0.5) is 0 Å². The van der Waals surface area contributed by atoms with E-state index >= 15 is 0 Å². The molecule has 0 fully saturated rings. The van der Waals surface area contributed by atoms with Gasteiger partial charge in [-0.2, -0.15) is 0 Å². The molecule has 2 rings (SSSR count). The predicted molar refractivity (Wildman–Crippen MR) is 59.1 cm³/mol. The third-order valence-electron chi connectivity index (χ3n) is 2.40. The van der Waals surface area contributed by atoms with E-state index in [1.54, 1.807) is 27.0 Å². The van der Waals surface area contributed by atoms with Gasteiger partial charge in [0.15, 0.2) is 11.5 Å². The van der Waals surface area contributed by atoms with E-state index in [4.69, 9.17) is 14.2 Å². The highest BCUT2D eigenvalue weighted by Crippen LogP contribution is 2.39. The van der Waals surface area contributed by atoms with E-state index in [1.165, 1.54) is 0 Å². The molecule has 0 aromatic heterocycles. The fourth-order valence-corrected chi connectivity index (χ4v) is 1.76. The maximum absolute atomic E-state index is 9.81. The number of hydrogen-bond acceptors (Lipinski definition) is 4. The molecular formula is C12H16O4. The molecule has 0 spiro atoms. The summed E-state index contributed by atoms with van der Waals surface area (Å²) in [5.74, 6) is 2.11. The zero-order valence-electron chi connectivity index (χ0n) is 9.74. The first kappa shape index (κ1) is 11.1. The molecule has 16 heavy (non-hydrogen) atoms. The van der Waals surface area contributed by atoms with Gasteiger partial charge in [0, 0.05) is 18.1 Å². The number of aliphatic hydroxyl groups is 1. The Labute approximate surface area is 94.8 Å². The number of benzene rings is 1. The molecule has 1 aliphatic rings. The Hall–Kier alpha value is -1.42. The molecule has 1 N–H and O–H groups in total. The Balaban J connectivity index is 2.36. The largest absolute Gasteiger partial charge is 0.496 e. The van der Waals surface area contributed by atoms with E-state index in [2.05, 4.69) is 0 Å². The van der Waals surface area contributed by atoms with Gasteiger partial charge in [-0.3, -0.25) is 0 Å². The first-order chi connectivity index (χ1) is 7.49. The van der Waals surface area contributed by atoms with Crippen LogP contribution in [0, 0.1) is 0 Å². The summed E-state index contributed by atoms with van der Waals surface area (Å²) in [6.45, 7) is 3.76. The molecular weight excluding hydrogens is 208 g/mol. The lowest BCUT2D eigenvalue weighted by atomic mass is 9.97. The second-order valence-electron chi connectivity index (χ2n) is 4.51. The smallest absolute Gasteiger partial charge is 0.231 e. The monoisotopic (exact) mass is 224 g/mol. The third-order valence-corrected chi connectivity index (χ3v) is 2.40. The van der Waals surface area contributed by atoms with Gasteiger partial charge in [-0.1, -0.05) is 0 Å². The highest BCUT2D eigenvalue weighted by atomic mass is 16.7. The summed E-state index contributed by atoms with van der Waals surface area (Å²) in [6, 6.07) is 3.66. The van der Waals surface area contributed by atoms with Crippen LogP contribution in [0.3, 0.4) is 0 Å². The number of methoxy groups -OCH3 is 1. The Kier molecular flexibility index (Phi) is 2.68. The fourth-order valence-electron chi connectivity index (χ4n) is 1.76. The van der Waals surface area contributed by atoms with E-state index < -0.39 is 5.60 Å². The van der Waals surface area contributed by atoms with Gasteiger partial charge in [-0.15, -0.1) is 0 Å². The Morgan fingerprint density at radius 2 is 1.94 bits per heavy atom. The maximum Gasteiger partial charge on any atom is 0.231 e. The molecule has 0 aliphatic carbocycles. The molecule has 0 unspecified atom stereocenters. The summed E-state index contributed by atoms with van der Waals surface area (Å²) < 4.78 is 15.8. The Bertz CT molecular complexity index is 393. The van der Waals surface area contributed by atoms with Crippen LogP contribution in [0.5, 0.6) is 17.2 Å². The third kappa shape index (κ3) is 2.22. The summed E-state index contributed by atoms with van der Waals surface area (Å²) in [5, 5.41) is 9.81. The van der Waals surface area contributed by atoms with E-state index in [-0.39, 0.29) is 6.79 Å². The first-order valence-corrected chi connectivity index (χ1v) is 5.18. The molecule has 4 nitrogen and oxygen atoms in total. The van der Waals surface area contributed by atoms with Crippen molar-refractivity contribution in [3.8, 4) is 17.2 Å². The van der Waals surface area contributed by atoms with Crippen molar-refractivity contribution >= 4 is 0 Å². The average molecular weight is 224 g/mol. The topological polar surface area (TPSA) is 47.9 Å². The Morgan fingerprint density at radius 3 is 2.50 bits per heavy atom. The van der Waals surface area contributed by atoms with Crippen LogP contribution in [-0.2, 0) is 6.42 Å². The van der Waals surface area contributed by atoms with Gasteiger partial charge in [-0.05, 0) is 19.9 Å². The quantitative estimate of drug-likeness (QED) is 0.849. The second-order valence-corrected chi connectivity index (χ2v) is 4.51. The summed E-state index contributed by atoms with van der Waals surface area (Å²) in [4.78, 5) is 0. The van der Waals surface area contributed by atoms with Crippen molar-refractivity contribution < 1.29 is 19.3 Å². The normalized spacial score (nSPS) is 14.0. The van der Waals surface area contributed by atoms with Crippen LogP contribution < -0.4 is 14.2 Å². The van der Waals surface area contributed by atoms with Gasteiger partial charge in [0.2, 0.25) is 6.79 Å². The predicted octanol–water partition coefficient (Wildman–Crippen LogP) is 1.74. The molecule has 88 valence electrons. The van der Waals surface area contributed by atoms with Crippen molar-refractivity contribution in [2.24, 2.45) is 0 Å². The lowest BCUT2D eigenvalue weighted by Crippen LogP contribution is -2.22. The number of fused-ring (bicyclic) bond motifs is 1. The summed E-state index contributed by atoms with van der Waals surface area (Å²) in [7, 11) is 1.60. The van der Waals surface area contributed by atoms with Gasteiger partial charge in [-0.25, -0.2) is 0 Å². The maximum atomic E-state index is 9.81. The van der Waals surface area contributed by atoms with E-state index in [0.29, 0.717) is 23.7 Å². The van der Waals surface area contributed by atoms with Gasteiger partial charge in [0.25, 0.3) is 0 Å². The van der Waals surface area contributed by atoms with Crippen LogP contribution in [0.15, 0.2) is 12.1 Å². The molecule has 0 bridgehead atoms. The molecule has 0 atom stereocenters. The minimum Gasteiger partial charge on any atom is -0.496 e. The molecule has 0 saturated heterocycles. The molecule has 0 amide bonds. The molecule has 0 radical (unpaired) electrons. The zero-order valence-corrected chi connectivity index (χ0v) is 9.74. The van der Waals surface area contributed by atoms with Gasteiger partial charge >= 0.3 is 0 Å². The minimum absolute atomic E-state index is 0.241. The van der Waals surface area contributed by atoms with Crippen molar-refractivity contribution in [1.82, 2.24) is 0 Å². The molecule has 1 aromatic carbocycles. The molecule has 4 heteroatoms. The summed E-state index contributed by atoms with van der Waals surface area (Å²) in [5.41, 5.74) is 0.139. The molecule has 0 saturated carbocycles. The number of rotatable bonds is 3. The lowest BCUT2D eigenvalue weighted by molar-refractivity contribution is 0.0802. The van der Waals surface area contributed by atoms with Gasteiger partial charge in [0.05, 0.1) is 12.7 Å². The highest BCUT2D eigenvalue weighted by Gasteiger charge is 2.22. The Morgan fingerprint density at radius 1 is 1.31 bits per heavy atom. The van der Waals surface area contributed by atoms with Crippen molar-refractivity contribution in [2.75, 3.05) is 13.9 Å². The summed E-state index contributed by atoms with van der Waals surface area (Å²) in [6.07, 6.45) is 0.507. The van der Waals surface area contributed by atoms with E-state index in [9.17, 15) is 5.11 Å². The van der Waals surface area contributed by atoms with E-state index in [1.807, 2.05) is 6.07 Å². The standard InChI is InChI=1S/C12H16O4/c1-12(2,13)6-8-4-10-11(16-7-15-10)5-9(8)14-3/h4-5,13H,6-7H2,1-3H3. The van der Waals surface area contributed by atoms with Crippen LogP contribution in [0.1, 0.15) is 19.4 Å². The fraction of sp³-hybridized carbons (Fsp3) is 0.500. The van der Waals surface area contributed by atoms with Crippen molar-refractivity contribution in [1.29, 1.82) is 0 Å². The first-order valence-electron chi connectivity index (χ1n) is 5.18.